The van der Waals surface area contributed by atoms with Crippen molar-refractivity contribution in [2.24, 2.45) is 11.1 Å². The molecule has 2 amide bonds. The molecule has 0 saturated carbocycles. The number of likely N-dealkylation sites (tertiary alicyclic amines) is 1. The van der Waals surface area contributed by atoms with Crippen LogP contribution < -0.4 is 16.0 Å². The van der Waals surface area contributed by atoms with E-state index in [1.807, 2.05) is 18.7 Å². The number of carbonyl (C=O) groups is 2. The van der Waals surface area contributed by atoms with E-state index in [0.717, 1.165) is 4.90 Å². The van der Waals surface area contributed by atoms with Gasteiger partial charge in [-0.2, -0.15) is 13.2 Å². The minimum Gasteiger partial charge on any atom is -0.327 e. The zero-order valence-electron chi connectivity index (χ0n) is 16.3. The summed E-state index contributed by atoms with van der Waals surface area (Å²) in [7, 11) is 0. The van der Waals surface area contributed by atoms with Gasteiger partial charge in [0.25, 0.3) is 0 Å². The summed E-state index contributed by atoms with van der Waals surface area (Å²) in [4.78, 5) is 27.6. The molecule has 2 unspecified atom stereocenters. The number of anilines is 2. The lowest BCUT2D eigenvalue weighted by molar-refractivity contribution is -0.158. The third-order valence-corrected chi connectivity index (χ3v) is 5.52. The average Bonchev–Trinajstić information content (AvgIpc) is 2.73. The Labute approximate surface area is 174 Å². The largest absolute Gasteiger partial charge is 0.409 e. The molecule has 2 aliphatic heterocycles. The number of halogens is 4. The summed E-state index contributed by atoms with van der Waals surface area (Å²) in [6, 6.07) is 3.84. The van der Waals surface area contributed by atoms with Crippen LogP contribution in [0.3, 0.4) is 0 Å². The highest BCUT2D eigenvalue weighted by Crippen LogP contribution is 2.38. The summed E-state index contributed by atoms with van der Waals surface area (Å²) >= 11 is 0. The highest BCUT2D eigenvalue weighted by molar-refractivity contribution is 6.05. The van der Waals surface area contributed by atoms with E-state index in [2.05, 4.69) is 5.32 Å². The second-order valence-electron chi connectivity index (χ2n) is 8.19. The molecule has 10 heteroatoms. The first-order valence-corrected chi connectivity index (χ1v) is 9.24. The molecule has 1 aromatic carbocycles. The number of benzene rings is 1. The summed E-state index contributed by atoms with van der Waals surface area (Å²) in [5, 5.41) is 2.47. The minimum atomic E-state index is -4.73. The van der Waals surface area contributed by atoms with Crippen molar-refractivity contribution < 1.29 is 22.8 Å². The van der Waals surface area contributed by atoms with Crippen LogP contribution in [0.25, 0.3) is 0 Å². The van der Waals surface area contributed by atoms with Crippen molar-refractivity contribution in [3.63, 3.8) is 0 Å². The summed E-state index contributed by atoms with van der Waals surface area (Å²) < 4.78 is 41.2. The number of amides is 2. The first-order valence-electron chi connectivity index (χ1n) is 9.24. The fourth-order valence-corrected chi connectivity index (χ4v) is 3.88. The van der Waals surface area contributed by atoms with Gasteiger partial charge in [0, 0.05) is 19.1 Å². The van der Waals surface area contributed by atoms with Gasteiger partial charge in [0.15, 0.2) is 0 Å². The number of alkyl halides is 3. The van der Waals surface area contributed by atoms with Crippen LogP contribution in [-0.2, 0) is 9.59 Å². The molecule has 0 aromatic heterocycles. The fourth-order valence-electron chi connectivity index (χ4n) is 3.88. The van der Waals surface area contributed by atoms with Gasteiger partial charge in [0.1, 0.15) is 6.04 Å². The Kier molecular flexibility index (Phi) is 6.86. The molecule has 3 rings (SSSR count). The molecule has 3 N–H and O–H groups in total. The van der Waals surface area contributed by atoms with Gasteiger partial charge in [-0.15, -0.1) is 12.4 Å². The standard InChI is InChI=1S/C19H25F3N4O2.ClH/c1-18(2)11-25(8-7-14(18)23)10-17(28)26-13-6-4-3-5-12(13)24-16(27)9-15(26)19(20,21)22;/h3-6,14-15H,7-11,23H2,1-2H3,(H,24,27);1H. The Bertz CT molecular complexity index is 772. The number of nitrogens with one attached hydrogen (secondary N) is 1. The second kappa shape index (κ2) is 8.49. The van der Waals surface area contributed by atoms with Crippen LogP contribution in [0.2, 0.25) is 0 Å². The smallest absolute Gasteiger partial charge is 0.327 e. The van der Waals surface area contributed by atoms with Gasteiger partial charge >= 0.3 is 6.18 Å². The summed E-state index contributed by atoms with van der Waals surface area (Å²) in [5.74, 6) is -1.45. The number of rotatable bonds is 2. The Balaban J connectivity index is 0.00000300. The van der Waals surface area contributed by atoms with Gasteiger partial charge in [-0.05, 0) is 24.0 Å². The lowest BCUT2D eigenvalue weighted by Crippen LogP contribution is -2.56. The number of fused-ring (bicyclic) bond motifs is 1. The van der Waals surface area contributed by atoms with Crippen molar-refractivity contribution >= 4 is 35.6 Å². The van der Waals surface area contributed by atoms with Crippen LogP contribution in [0.15, 0.2) is 24.3 Å². The number of para-hydroxylation sites is 2. The normalized spacial score (nSPS) is 24.8. The zero-order chi connectivity index (χ0) is 20.7. The molecular formula is C19H26ClF3N4O2. The maximum absolute atomic E-state index is 13.7. The molecule has 0 radical (unpaired) electrons. The first kappa shape index (κ1) is 23.4. The average molecular weight is 435 g/mol. The number of carbonyl (C=O) groups excluding carboxylic acids is 2. The van der Waals surface area contributed by atoms with Crippen LogP contribution >= 0.6 is 12.4 Å². The highest BCUT2D eigenvalue weighted by atomic mass is 35.5. The van der Waals surface area contributed by atoms with E-state index < -0.39 is 30.5 Å². The predicted octanol–water partition coefficient (Wildman–Crippen LogP) is 2.77. The number of nitrogens with two attached hydrogens (primary N) is 1. The van der Waals surface area contributed by atoms with Crippen LogP contribution in [0.5, 0.6) is 0 Å². The number of hydrogen-bond donors (Lipinski definition) is 2. The number of piperidine rings is 1. The molecule has 162 valence electrons. The molecule has 2 atom stereocenters. The summed E-state index contributed by atoms with van der Waals surface area (Å²) in [6.45, 7) is 4.86. The predicted molar refractivity (Wildman–Crippen MR) is 107 cm³/mol. The fraction of sp³-hybridized carbons (Fsp3) is 0.579. The van der Waals surface area contributed by atoms with Crippen molar-refractivity contribution in [1.82, 2.24) is 4.90 Å². The molecule has 0 aliphatic carbocycles. The first-order chi connectivity index (χ1) is 13.0. The molecule has 0 bridgehead atoms. The third-order valence-electron chi connectivity index (χ3n) is 5.52. The Morgan fingerprint density at radius 2 is 1.97 bits per heavy atom. The van der Waals surface area contributed by atoms with Crippen molar-refractivity contribution in [2.45, 2.75) is 44.9 Å². The number of hydrogen-bond acceptors (Lipinski definition) is 4. The third kappa shape index (κ3) is 5.02. The Morgan fingerprint density at radius 1 is 1.31 bits per heavy atom. The van der Waals surface area contributed by atoms with Crippen LogP contribution in [0.1, 0.15) is 26.7 Å². The van der Waals surface area contributed by atoms with E-state index in [9.17, 15) is 22.8 Å². The van der Waals surface area contributed by atoms with E-state index >= 15 is 0 Å². The van der Waals surface area contributed by atoms with Crippen molar-refractivity contribution in [1.29, 1.82) is 0 Å². The molecule has 1 aromatic rings. The quantitative estimate of drug-likeness (QED) is 0.750. The van der Waals surface area contributed by atoms with Gasteiger partial charge in [-0.25, -0.2) is 0 Å². The molecule has 2 aliphatic rings. The summed E-state index contributed by atoms with van der Waals surface area (Å²) in [5.41, 5.74) is 6.14. The van der Waals surface area contributed by atoms with Crippen LogP contribution in [0.4, 0.5) is 24.5 Å². The maximum Gasteiger partial charge on any atom is 0.409 e. The number of nitrogens with zero attached hydrogens (tertiary/aromatic N) is 2. The zero-order valence-corrected chi connectivity index (χ0v) is 17.1. The molecule has 1 fully saturated rings. The molecule has 6 nitrogen and oxygen atoms in total. The van der Waals surface area contributed by atoms with Gasteiger partial charge < -0.3 is 11.1 Å². The van der Waals surface area contributed by atoms with Gasteiger partial charge in [0.05, 0.1) is 24.3 Å². The summed E-state index contributed by atoms with van der Waals surface area (Å²) in [6.07, 6.45) is -4.89. The lowest BCUT2D eigenvalue weighted by Gasteiger charge is -2.43. The van der Waals surface area contributed by atoms with Gasteiger partial charge in [0.2, 0.25) is 11.8 Å². The molecule has 2 heterocycles. The topological polar surface area (TPSA) is 78.7 Å². The Hall–Kier alpha value is -1.84. The maximum atomic E-state index is 13.7. The second-order valence-corrected chi connectivity index (χ2v) is 8.19. The Morgan fingerprint density at radius 3 is 2.59 bits per heavy atom. The van der Waals surface area contributed by atoms with Gasteiger partial charge in [-0.1, -0.05) is 26.0 Å². The van der Waals surface area contributed by atoms with E-state index in [1.165, 1.54) is 12.1 Å². The lowest BCUT2D eigenvalue weighted by atomic mass is 9.80. The highest BCUT2D eigenvalue weighted by Gasteiger charge is 2.49. The van der Waals surface area contributed by atoms with E-state index in [0.29, 0.717) is 19.5 Å². The monoisotopic (exact) mass is 434 g/mol. The van der Waals surface area contributed by atoms with Crippen LogP contribution in [0, 0.1) is 5.41 Å². The SMILES string of the molecule is CC1(C)CN(CC(=O)N2c3ccccc3NC(=O)CC2C(F)(F)F)CCC1N.Cl. The molecule has 29 heavy (non-hydrogen) atoms. The van der Waals surface area contributed by atoms with Crippen molar-refractivity contribution in [3.05, 3.63) is 24.3 Å². The van der Waals surface area contributed by atoms with Crippen molar-refractivity contribution in [3.8, 4) is 0 Å². The van der Waals surface area contributed by atoms with Gasteiger partial charge in [-0.3, -0.25) is 19.4 Å². The molecule has 0 spiro atoms. The van der Waals surface area contributed by atoms with E-state index in [4.69, 9.17) is 5.73 Å². The molecule has 1 saturated heterocycles. The molecular weight excluding hydrogens is 409 g/mol. The van der Waals surface area contributed by atoms with E-state index in [1.54, 1.807) is 12.1 Å². The minimum absolute atomic E-state index is 0. The van der Waals surface area contributed by atoms with Crippen molar-refractivity contribution in [2.75, 3.05) is 29.9 Å². The van der Waals surface area contributed by atoms with E-state index in [-0.39, 0.29) is 41.8 Å². The van der Waals surface area contributed by atoms with Crippen LogP contribution in [-0.4, -0.2) is 54.6 Å².